The van der Waals surface area contributed by atoms with Crippen LogP contribution in [0.4, 0.5) is 0 Å². The van der Waals surface area contributed by atoms with E-state index in [1.54, 1.807) is 0 Å². The highest BCUT2D eigenvalue weighted by Crippen LogP contribution is 2.34. The molecule has 1 heteroatoms. The van der Waals surface area contributed by atoms with Crippen LogP contribution in [0.25, 0.3) is 0 Å². The molecular formula is C17H33Cl. The first-order valence-electron chi connectivity index (χ1n) is 8.43. The Morgan fingerprint density at radius 3 is 2.11 bits per heavy atom. The second-order valence-electron chi connectivity index (χ2n) is 6.21. The molecule has 2 atom stereocenters. The first kappa shape index (κ1) is 16.3. The van der Waals surface area contributed by atoms with Crippen molar-refractivity contribution in [1.29, 1.82) is 0 Å². The van der Waals surface area contributed by atoms with E-state index in [9.17, 15) is 0 Å². The second kappa shape index (κ2) is 10.1. The summed E-state index contributed by atoms with van der Waals surface area (Å²) in [6, 6.07) is 0. The highest BCUT2D eigenvalue weighted by molar-refractivity contribution is 6.21. The minimum Gasteiger partial charge on any atom is -0.122 e. The summed E-state index contributed by atoms with van der Waals surface area (Å²) in [6.45, 7) is 4.61. The van der Waals surface area contributed by atoms with Crippen LogP contribution >= 0.6 is 11.6 Å². The van der Waals surface area contributed by atoms with E-state index in [0.29, 0.717) is 5.38 Å². The summed E-state index contributed by atoms with van der Waals surface area (Å²) in [5.74, 6) is 1.57. The molecule has 1 saturated carbocycles. The lowest BCUT2D eigenvalue weighted by Gasteiger charge is -2.30. The zero-order valence-electron chi connectivity index (χ0n) is 12.6. The third-order valence-electron chi connectivity index (χ3n) is 4.75. The minimum atomic E-state index is 0.449. The highest BCUT2D eigenvalue weighted by atomic mass is 35.5. The molecule has 18 heavy (non-hydrogen) atoms. The Bertz CT molecular complexity index is 182. The third-order valence-corrected chi connectivity index (χ3v) is 5.47. The first-order valence-corrected chi connectivity index (χ1v) is 8.87. The normalized spacial score (nSPS) is 22.2. The molecule has 0 spiro atoms. The zero-order chi connectivity index (χ0) is 13.2. The number of rotatable bonds is 7. The Morgan fingerprint density at radius 1 is 0.944 bits per heavy atom. The summed E-state index contributed by atoms with van der Waals surface area (Å²) in [6.07, 6.45) is 16.6. The van der Waals surface area contributed by atoms with Gasteiger partial charge in [-0.1, -0.05) is 71.6 Å². The summed E-state index contributed by atoms with van der Waals surface area (Å²) in [7, 11) is 0. The predicted molar refractivity (Wildman–Crippen MR) is 83.4 cm³/mol. The molecule has 2 unspecified atom stereocenters. The van der Waals surface area contributed by atoms with Crippen molar-refractivity contribution in [1.82, 2.24) is 0 Å². The molecule has 0 amide bonds. The van der Waals surface area contributed by atoms with Crippen molar-refractivity contribution < 1.29 is 0 Å². The van der Waals surface area contributed by atoms with Gasteiger partial charge in [-0.25, -0.2) is 0 Å². The number of hydrogen-bond donors (Lipinski definition) is 0. The molecular weight excluding hydrogens is 240 g/mol. The van der Waals surface area contributed by atoms with Crippen molar-refractivity contribution >= 4 is 11.6 Å². The Balaban J connectivity index is 2.38. The van der Waals surface area contributed by atoms with Crippen molar-refractivity contribution in [2.75, 3.05) is 0 Å². The van der Waals surface area contributed by atoms with Gasteiger partial charge in [0.2, 0.25) is 0 Å². The summed E-state index contributed by atoms with van der Waals surface area (Å²) in [4.78, 5) is 0. The molecule has 0 bridgehead atoms. The van der Waals surface area contributed by atoms with Crippen molar-refractivity contribution in [2.45, 2.75) is 96.3 Å². The van der Waals surface area contributed by atoms with E-state index in [4.69, 9.17) is 11.6 Å². The van der Waals surface area contributed by atoms with Crippen LogP contribution < -0.4 is 0 Å². The smallest absolute Gasteiger partial charge is 0.0392 e. The lowest BCUT2D eigenvalue weighted by atomic mass is 9.81. The fourth-order valence-corrected chi connectivity index (χ4v) is 3.99. The van der Waals surface area contributed by atoms with Crippen LogP contribution in [-0.2, 0) is 0 Å². The highest BCUT2D eigenvalue weighted by Gasteiger charge is 2.26. The van der Waals surface area contributed by atoms with Crippen LogP contribution in [-0.4, -0.2) is 5.38 Å². The van der Waals surface area contributed by atoms with E-state index in [0.717, 1.165) is 11.8 Å². The quantitative estimate of drug-likeness (QED) is 0.364. The fraction of sp³-hybridized carbons (Fsp3) is 1.00. The van der Waals surface area contributed by atoms with Crippen molar-refractivity contribution in [3.8, 4) is 0 Å². The van der Waals surface area contributed by atoms with E-state index >= 15 is 0 Å². The van der Waals surface area contributed by atoms with Crippen molar-refractivity contribution in [3.63, 3.8) is 0 Å². The summed E-state index contributed by atoms with van der Waals surface area (Å²) in [5.41, 5.74) is 0. The van der Waals surface area contributed by atoms with Crippen molar-refractivity contribution in [2.24, 2.45) is 11.8 Å². The SMILES string of the molecule is CCCCCC(CC)C(Cl)C1CCCCCCC1. The maximum atomic E-state index is 6.83. The number of halogens is 1. The van der Waals surface area contributed by atoms with Crippen LogP contribution in [0.2, 0.25) is 0 Å². The van der Waals surface area contributed by atoms with Crippen molar-refractivity contribution in [3.05, 3.63) is 0 Å². The molecule has 0 radical (unpaired) electrons. The molecule has 0 saturated heterocycles. The van der Waals surface area contributed by atoms with Gasteiger partial charge in [0.1, 0.15) is 0 Å². The maximum absolute atomic E-state index is 6.83. The molecule has 1 rings (SSSR count). The Hall–Kier alpha value is 0.290. The van der Waals surface area contributed by atoms with Gasteiger partial charge < -0.3 is 0 Å². The van der Waals surface area contributed by atoms with E-state index in [-0.39, 0.29) is 0 Å². The molecule has 1 aliphatic rings. The second-order valence-corrected chi connectivity index (χ2v) is 6.72. The van der Waals surface area contributed by atoms with Crippen LogP contribution in [0, 0.1) is 11.8 Å². The van der Waals surface area contributed by atoms with Gasteiger partial charge >= 0.3 is 0 Å². The maximum Gasteiger partial charge on any atom is 0.0392 e. The average molecular weight is 273 g/mol. The Morgan fingerprint density at radius 2 is 1.56 bits per heavy atom. The van der Waals surface area contributed by atoms with Crippen LogP contribution in [0.5, 0.6) is 0 Å². The molecule has 0 aliphatic heterocycles. The molecule has 0 aromatic rings. The minimum absolute atomic E-state index is 0.449. The lowest BCUT2D eigenvalue weighted by molar-refractivity contribution is 0.291. The third kappa shape index (κ3) is 5.95. The van der Waals surface area contributed by atoms with E-state index < -0.39 is 0 Å². The lowest BCUT2D eigenvalue weighted by Crippen LogP contribution is -2.25. The monoisotopic (exact) mass is 272 g/mol. The van der Waals surface area contributed by atoms with Gasteiger partial charge in [-0.2, -0.15) is 0 Å². The zero-order valence-corrected chi connectivity index (χ0v) is 13.4. The fourth-order valence-electron chi connectivity index (χ4n) is 3.44. The molecule has 108 valence electrons. The van der Waals surface area contributed by atoms with E-state index in [1.165, 1.54) is 77.0 Å². The summed E-state index contributed by atoms with van der Waals surface area (Å²) in [5, 5.41) is 0.449. The number of alkyl halides is 1. The first-order chi connectivity index (χ1) is 8.79. The van der Waals surface area contributed by atoms with Gasteiger partial charge in [0.05, 0.1) is 0 Å². The average Bonchev–Trinajstić information content (AvgIpc) is 2.34. The number of hydrogen-bond acceptors (Lipinski definition) is 0. The standard InChI is InChI=1S/C17H33Cl/c1-3-5-9-12-15(4-2)17(18)16-13-10-7-6-8-11-14-16/h15-17H,3-14H2,1-2H3. The molecule has 1 aliphatic carbocycles. The Kier molecular flexibility index (Phi) is 9.19. The molecule has 0 N–H and O–H groups in total. The summed E-state index contributed by atoms with van der Waals surface area (Å²) >= 11 is 6.83. The molecule has 0 nitrogen and oxygen atoms in total. The molecule has 0 aromatic carbocycles. The Labute approximate surface area is 120 Å². The van der Waals surface area contributed by atoms with Gasteiger partial charge in [0.25, 0.3) is 0 Å². The predicted octanol–water partition coefficient (Wildman–Crippen LogP) is 6.56. The topological polar surface area (TPSA) is 0 Å². The van der Waals surface area contributed by atoms with E-state index in [2.05, 4.69) is 13.8 Å². The van der Waals surface area contributed by atoms with Crippen LogP contribution in [0.1, 0.15) is 90.9 Å². The molecule has 0 heterocycles. The molecule has 0 aromatic heterocycles. The number of unbranched alkanes of at least 4 members (excludes halogenated alkanes) is 2. The largest absolute Gasteiger partial charge is 0.122 e. The van der Waals surface area contributed by atoms with Gasteiger partial charge in [-0.05, 0) is 31.1 Å². The van der Waals surface area contributed by atoms with Gasteiger partial charge in [-0.15, -0.1) is 11.6 Å². The molecule has 1 fully saturated rings. The van der Waals surface area contributed by atoms with Gasteiger partial charge in [-0.3, -0.25) is 0 Å². The van der Waals surface area contributed by atoms with Crippen LogP contribution in [0.15, 0.2) is 0 Å². The van der Waals surface area contributed by atoms with E-state index in [1.807, 2.05) is 0 Å². The van der Waals surface area contributed by atoms with Gasteiger partial charge in [0, 0.05) is 5.38 Å². The van der Waals surface area contributed by atoms with Gasteiger partial charge in [0.15, 0.2) is 0 Å². The van der Waals surface area contributed by atoms with Crippen LogP contribution in [0.3, 0.4) is 0 Å². The summed E-state index contributed by atoms with van der Waals surface area (Å²) < 4.78 is 0.